The van der Waals surface area contributed by atoms with Crippen molar-refractivity contribution in [3.05, 3.63) is 58.1 Å². The number of methoxy groups -OCH3 is 1. The van der Waals surface area contributed by atoms with Gasteiger partial charge in [0.25, 0.3) is 11.6 Å². The van der Waals surface area contributed by atoms with Gasteiger partial charge in [-0.05, 0) is 42.8 Å². The summed E-state index contributed by atoms with van der Waals surface area (Å²) in [6, 6.07) is 10.5. The quantitative estimate of drug-likeness (QED) is 0.487. The smallest absolute Gasteiger partial charge is 0.422 e. The molecular formula is C21H22F3N3O5. The number of alkyl halides is 3. The molecule has 2 aromatic rings. The first-order valence-corrected chi connectivity index (χ1v) is 9.84. The van der Waals surface area contributed by atoms with Gasteiger partial charge < -0.3 is 19.3 Å². The van der Waals surface area contributed by atoms with Crippen LogP contribution in [0.5, 0.6) is 11.5 Å². The second kappa shape index (κ2) is 9.75. The maximum atomic E-state index is 13.1. The van der Waals surface area contributed by atoms with Crippen LogP contribution in [0.3, 0.4) is 0 Å². The topological polar surface area (TPSA) is 85.2 Å². The van der Waals surface area contributed by atoms with E-state index in [-0.39, 0.29) is 11.3 Å². The molecule has 0 radical (unpaired) electrons. The SMILES string of the molecule is COc1ccc(N2CCCN(C(=O)c3cc(OCC(F)(F)F)ccc3[N+](=O)[O-])CC2)cc1. The lowest BCUT2D eigenvalue weighted by atomic mass is 10.1. The molecule has 0 aromatic heterocycles. The average Bonchev–Trinajstić information content (AvgIpc) is 3.03. The molecule has 0 N–H and O–H groups in total. The van der Waals surface area contributed by atoms with E-state index in [0.29, 0.717) is 32.6 Å². The van der Waals surface area contributed by atoms with Gasteiger partial charge in [-0.1, -0.05) is 0 Å². The number of halogens is 3. The van der Waals surface area contributed by atoms with Crippen LogP contribution in [-0.4, -0.2) is 61.8 Å². The lowest BCUT2D eigenvalue weighted by molar-refractivity contribution is -0.385. The van der Waals surface area contributed by atoms with E-state index >= 15 is 0 Å². The number of anilines is 1. The van der Waals surface area contributed by atoms with Gasteiger partial charge in [0.15, 0.2) is 6.61 Å². The second-order valence-corrected chi connectivity index (χ2v) is 7.17. The summed E-state index contributed by atoms with van der Waals surface area (Å²) in [5.41, 5.74) is 0.173. The molecule has 1 aliphatic rings. The zero-order valence-electron chi connectivity index (χ0n) is 17.3. The van der Waals surface area contributed by atoms with Crippen molar-refractivity contribution < 1.29 is 32.4 Å². The van der Waals surface area contributed by atoms with E-state index in [1.807, 2.05) is 24.3 Å². The molecule has 0 unspecified atom stereocenters. The summed E-state index contributed by atoms with van der Waals surface area (Å²) in [6.45, 7) is 0.272. The lowest BCUT2D eigenvalue weighted by Crippen LogP contribution is -2.35. The van der Waals surface area contributed by atoms with Gasteiger partial charge in [0, 0.05) is 37.9 Å². The molecule has 1 fully saturated rings. The molecule has 0 atom stereocenters. The summed E-state index contributed by atoms with van der Waals surface area (Å²) in [4.78, 5) is 27.3. The van der Waals surface area contributed by atoms with Gasteiger partial charge >= 0.3 is 6.18 Å². The molecule has 8 nitrogen and oxygen atoms in total. The molecule has 1 amide bonds. The molecule has 0 spiro atoms. The Balaban J connectivity index is 1.76. The molecule has 0 saturated carbocycles. The molecule has 172 valence electrons. The van der Waals surface area contributed by atoms with Gasteiger partial charge in [0.1, 0.15) is 17.1 Å². The average molecular weight is 453 g/mol. The standard InChI is InChI=1S/C21H22F3N3O5/c1-31-16-5-3-15(4-6-16)25-9-2-10-26(12-11-25)20(28)18-13-17(32-14-21(22,23)24)7-8-19(18)27(29)30/h3-8,13H,2,9-12,14H2,1H3. The zero-order valence-corrected chi connectivity index (χ0v) is 17.3. The first-order valence-electron chi connectivity index (χ1n) is 9.84. The minimum Gasteiger partial charge on any atom is -0.497 e. The van der Waals surface area contributed by atoms with Gasteiger partial charge in [-0.25, -0.2) is 0 Å². The number of nitro benzene ring substituents is 1. The number of nitrogens with zero attached hydrogens (tertiary/aromatic N) is 3. The fourth-order valence-electron chi connectivity index (χ4n) is 3.44. The number of nitro groups is 1. The first kappa shape index (κ1) is 23.2. The molecule has 32 heavy (non-hydrogen) atoms. The van der Waals surface area contributed by atoms with Crippen LogP contribution in [-0.2, 0) is 0 Å². The summed E-state index contributed by atoms with van der Waals surface area (Å²) in [5, 5.41) is 11.4. The van der Waals surface area contributed by atoms with Gasteiger partial charge in [-0.2, -0.15) is 13.2 Å². The maximum absolute atomic E-state index is 13.1. The third-order valence-electron chi connectivity index (χ3n) is 5.02. The summed E-state index contributed by atoms with van der Waals surface area (Å²) in [6.07, 6.45) is -3.95. The number of hydrogen-bond donors (Lipinski definition) is 0. The predicted octanol–water partition coefficient (Wildman–Crippen LogP) is 3.90. The predicted molar refractivity (Wildman–Crippen MR) is 110 cm³/mol. The number of amides is 1. The van der Waals surface area contributed by atoms with Gasteiger partial charge in [-0.15, -0.1) is 0 Å². The normalized spacial score (nSPS) is 14.6. The van der Waals surface area contributed by atoms with Gasteiger partial charge in [0.2, 0.25) is 0 Å². The number of carbonyl (C=O) groups is 1. The van der Waals surface area contributed by atoms with E-state index in [9.17, 15) is 28.1 Å². The monoisotopic (exact) mass is 453 g/mol. The molecule has 3 rings (SSSR count). The third-order valence-corrected chi connectivity index (χ3v) is 5.02. The highest BCUT2D eigenvalue weighted by Crippen LogP contribution is 2.28. The minimum atomic E-state index is -4.57. The first-order chi connectivity index (χ1) is 15.2. The fourth-order valence-corrected chi connectivity index (χ4v) is 3.44. The van der Waals surface area contributed by atoms with E-state index < -0.39 is 29.3 Å². The van der Waals surface area contributed by atoms with Crippen LogP contribution in [0.2, 0.25) is 0 Å². The Morgan fingerprint density at radius 2 is 1.75 bits per heavy atom. The molecule has 0 aliphatic carbocycles. The highest BCUT2D eigenvalue weighted by molar-refractivity contribution is 5.98. The van der Waals surface area contributed by atoms with E-state index in [1.165, 1.54) is 4.90 Å². The number of ether oxygens (including phenoxy) is 2. The van der Waals surface area contributed by atoms with E-state index in [1.54, 1.807) is 7.11 Å². The van der Waals surface area contributed by atoms with E-state index in [2.05, 4.69) is 9.64 Å². The fraction of sp³-hybridized carbons (Fsp3) is 0.381. The Bertz CT molecular complexity index is 966. The summed E-state index contributed by atoms with van der Waals surface area (Å²) >= 11 is 0. The summed E-state index contributed by atoms with van der Waals surface area (Å²) < 4.78 is 47.1. The van der Waals surface area contributed by atoms with Crippen LogP contribution in [0.4, 0.5) is 24.5 Å². The molecule has 0 bridgehead atoms. The van der Waals surface area contributed by atoms with Crippen molar-refractivity contribution in [2.45, 2.75) is 12.6 Å². The van der Waals surface area contributed by atoms with Gasteiger partial charge in [-0.3, -0.25) is 14.9 Å². The van der Waals surface area contributed by atoms with Crippen LogP contribution in [0.15, 0.2) is 42.5 Å². The molecule has 1 saturated heterocycles. The van der Waals surface area contributed by atoms with Crippen molar-refractivity contribution >= 4 is 17.3 Å². The van der Waals surface area contributed by atoms with Crippen molar-refractivity contribution in [1.29, 1.82) is 0 Å². The van der Waals surface area contributed by atoms with Crippen LogP contribution in [0, 0.1) is 10.1 Å². The van der Waals surface area contributed by atoms with Crippen molar-refractivity contribution in [2.24, 2.45) is 0 Å². The maximum Gasteiger partial charge on any atom is 0.422 e. The summed E-state index contributed by atoms with van der Waals surface area (Å²) in [7, 11) is 1.58. The molecule has 1 heterocycles. The number of carbonyl (C=O) groups excluding carboxylic acids is 1. The zero-order chi connectivity index (χ0) is 23.3. The van der Waals surface area contributed by atoms with Crippen molar-refractivity contribution in [3.63, 3.8) is 0 Å². The Morgan fingerprint density at radius 3 is 2.38 bits per heavy atom. The van der Waals surface area contributed by atoms with Crippen molar-refractivity contribution in [3.8, 4) is 11.5 Å². The largest absolute Gasteiger partial charge is 0.497 e. The highest BCUT2D eigenvalue weighted by atomic mass is 19.4. The minimum absolute atomic E-state index is 0.258. The number of rotatable bonds is 6. The Hall–Kier alpha value is -3.50. The highest BCUT2D eigenvalue weighted by Gasteiger charge is 2.30. The molecule has 11 heteroatoms. The second-order valence-electron chi connectivity index (χ2n) is 7.17. The van der Waals surface area contributed by atoms with Crippen LogP contribution in [0.25, 0.3) is 0 Å². The van der Waals surface area contributed by atoms with Crippen LogP contribution < -0.4 is 14.4 Å². The van der Waals surface area contributed by atoms with Crippen molar-refractivity contribution in [2.75, 3.05) is 44.8 Å². The van der Waals surface area contributed by atoms with Gasteiger partial charge in [0.05, 0.1) is 12.0 Å². The van der Waals surface area contributed by atoms with E-state index in [0.717, 1.165) is 29.6 Å². The van der Waals surface area contributed by atoms with E-state index in [4.69, 9.17) is 4.74 Å². The molecule has 2 aromatic carbocycles. The molecular weight excluding hydrogens is 431 g/mol. The van der Waals surface area contributed by atoms with Crippen LogP contribution in [0.1, 0.15) is 16.8 Å². The third kappa shape index (κ3) is 5.80. The lowest BCUT2D eigenvalue weighted by Gasteiger charge is -2.24. The summed E-state index contributed by atoms with van der Waals surface area (Å²) in [5.74, 6) is -0.156. The Kier molecular flexibility index (Phi) is 7.06. The number of hydrogen-bond acceptors (Lipinski definition) is 6. The van der Waals surface area contributed by atoms with Crippen molar-refractivity contribution in [1.82, 2.24) is 4.90 Å². The molecule has 1 aliphatic heterocycles. The Labute approximate surface area is 182 Å². The number of benzene rings is 2. The van der Waals surface area contributed by atoms with Crippen LogP contribution >= 0.6 is 0 Å². The Morgan fingerprint density at radius 1 is 1.06 bits per heavy atom.